The summed E-state index contributed by atoms with van der Waals surface area (Å²) in [7, 11) is 1.78. The van der Waals surface area contributed by atoms with Crippen LogP contribution >= 0.6 is 0 Å². The summed E-state index contributed by atoms with van der Waals surface area (Å²) in [5.41, 5.74) is 2.89. The van der Waals surface area contributed by atoms with Crippen LogP contribution in [0.4, 0.5) is 5.69 Å². The second-order valence-electron chi connectivity index (χ2n) is 6.65. The van der Waals surface area contributed by atoms with Gasteiger partial charge in [0, 0.05) is 37.5 Å². The van der Waals surface area contributed by atoms with E-state index in [1.165, 1.54) is 24.1 Å². The molecule has 1 aliphatic carbocycles. The van der Waals surface area contributed by atoms with Crippen LogP contribution in [0.2, 0.25) is 0 Å². The molecule has 0 bridgehead atoms. The maximum atomic E-state index is 5.27. The van der Waals surface area contributed by atoms with Crippen molar-refractivity contribution in [3.63, 3.8) is 0 Å². The van der Waals surface area contributed by atoms with Gasteiger partial charge in [0.25, 0.3) is 0 Å². The van der Waals surface area contributed by atoms with E-state index >= 15 is 0 Å². The molecule has 2 rings (SSSR count). The first-order valence-electron chi connectivity index (χ1n) is 7.60. The van der Waals surface area contributed by atoms with Gasteiger partial charge >= 0.3 is 0 Å². The molecule has 0 radical (unpaired) electrons. The number of methoxy groups -OCH3 is 1. The van der Waals surface area contributed by atoms with Gasteiger partial charge in [0.15, 0.2) is 0 Å². The summed E-state index contributed by atoms with van der Waals surface area (Å²) in [5, 5.41) is 3.59. The zero-order valence-corrected chi connectivity index (χ0v) is 13.3. The normalized spacial score (nSPS) is 15.4. The lowest BCUT2D eigenvalue weighted by Gasteiger charge is -2.28. The number of hydrogen-bond acceptors (Lipinski definition) is 3. The molecule has 0 saturated heterocycles. The molecule has 0 aromatic heterocycles. The van der Waals surface area contributed by atoms with E-state index in [4.69, 9.17) is 4.74 Å². The first kappa shape index (κ1) is 15.3. The Labute approximate surface area is 123 Å². The molecule has 1 N–H and O–H groups in total. The number of benzene rings is 1. The molecule has 0 heterocycles. The second kappa shape index (κ2) is 6.59. The quantitative estimate of drug-likeness (QED) is 0.828. The van der Waals surface area contributed by atoms with Gasteiger partial charge in [-0.15, -0.1) is 0 Å². The molecule has 3 nitrogen and oxygen atoms in total. The van der Waals surface area contributed by atoms with Crippen molar-refractivity contribution in [1.29, 1.82) is 0 Å². The molecule has 0 unspecified atom stereocenters. The van der Waals surface area contributed by atoms with Crippen LogP contribution in [0.25, 0.3) is 0 Å². The predicted molar refractivity (Wildman–Crippen MR) is 85.3 cm³/mol. The first-order valence-corrected chi connectivity index (χ1v) is 7.60. The lowest BCUT2D eigenvalue weighted by Crippen LogP contribution is -2.36. The largest absolute Gasteiger partial charge is 0.383 e. The van der Waals surface area contributed by atoms with E-state index in [-0.39, 0.29) is 5.54 Å². The van der Waals surface area contributed by atoms with Crippen molar-refractivity contribution < 1.29 is 4.74 Å². The van der Waals surface area contributed by atoms with Gasteiger partial charge in [-0.1, -0.05) is 18.2 Å². The van der Waals surface area contributed by atoms with Gasteiger partial charge in [0.2, 0.25) is 0 Å². The summed E-state index contributed by atoms with van der Waals surface area (Å²) in [6.07, 6.45) is 2.62. The maximum absolute atomic E-state index is 5.27. The molecule has 1 saturated carbocycles. The molecule has 1 fully saturated rings. The zero-order chi connectivity index (χ0) is 14.6. The molecule has 0 amide bonds. The van der Waals surface area contributed by atoms with Crippen LogP contribution in [0.5, 0.6) is 0 Å². The Morgan fingerprint density at radius 3 is 2.55 bits per heavy atom. The van der Waals surface area contributed by atoms with Gasteiger partial charge in [0.05, 0.1) is 6.61 Å². The number of nitrogens with zero attached hydrogens (tertiary/aromatic N) is 1. The van der Waals surface area contributed by atoms with E-state index in [1.807, 2.05) is 0 Å². The van der Waals surface area contributed by atoms with Crippen LogP contribution in [0.1, 0.15) is 39.2 Å². The standard InChI is InChI=1S/C17H28N2O/c1-17(2,3)18-13-14-7-5-6-8-16(14)19(11-12-20-4)15-9-10-15/h5-8,15,18H,9-13H2,1-4H3. The zero-order valence-electron chi connectivity index (χ0n) is 13.3. The second-order valence-corrected chi connectivity index (χ2v) is 6.65. The van der Waals surface area contributed by atoms with Crippen LogP contribution in [0.15, 0.2) is 24.3 Å². The Balaban J connectivity index is 2.12. The maximum Gasteiger partial charge on any atom is 0.0637 e. The molecular weight excluding hydrogens is 248 g/mol. The van der Waals surface area contributed by atoms with Gasteiger partial charge in [-0.25, -0.2) is 0 Å². The van der Waals surface area contributed by atoms with Gasteiger partial charge in [-0.05, 0) is 45.2 Å². The minimum absolute atomic E-state index is 0.143. The fourth-order valence-corrected chi connectivity index (χ4v) is 2.38. The van der Waals surface area contributed by atoms with Crippen molar-refractivity contribution in [2.75, 3.05) is 25.2 Å². The number of rotatable bonds is 7. The van der Waals surface area contributed by atoms with E-state index in [9.17, 15) is 0 Å². The summed E-state index contributed by atoms with van der Waals surface area (Å²) in [6, 6.07) is 9.45. The fraction of sp³-hybridized carbons (Fsp3) is 0.647. The highest BCUT2D eigenvalue weighted by Crippen LogP contribution is 2.33. The Morgan fingerprint density at radius 2 is 1.95 bits per heavy atom. The van der Waals surface area contributed by atoms with Crippen molar-refractivity contribution in [3.05, 3.63) is 29.8 Å². The predicted octanol–water partition coefficient (Wildman–Crippen LogP) is 3.19. The molecule has 112 valence electrons. The smallest absolute Gasteiger partial charge is 0.0637 e. The van der Waals surface area contributed by atoms with E-state index in [2.05, 4.69) is 55.3 Å². The average Bonchev–Trinajstić information content (AvgIpc) is 3.22. The lowest BCUT2D eigenvalue weighted by atomic mass is 10.1. The van der Waals surface area contributed by atoms with Gasteiger partial charge < -0.3 is 15.0 Å². The van der Waals surface area contributed by atoms with E-state index in [0.717, 1.165) is 19.7 Å². The highest BCUT2D eigenvalue weighted by Gasteiger charge is 2.30. The van der Waals surface area contributed by atoms with E-state index in [1.54, 1.807) is 7.11 Å². The van der Waals surface area contributed by atoms with Crippen LogP contribution in [0.3, 0.4) is 0 Å². The minimum atomic E-state index is 0.143. The average molecular weight is 276 g/mol. The molecule has 1 aromatic rings. The lowest BCUT2D eigenvalue weighted by molar-refractivity contribution is 0.205. The van der Waals surface area contributed by atoms with Crippen LogP contribution in [0, 0.1) is 0 Å². The van der Waals surface area contributed by atoms with Crippen molar-refractivity contribution in [2.45, 2.75) is 51.7 Å². The third-order valence-electron chi connectivity index (χ3n) is 3.63. The summed E-state index contributed by atoms with van der Waals surface area (Å²) >= 11 is 0. The Hall–Kier alpha value is -1.06. The number of hydrogen-bond donors (Lipinski definition) is 1. The van der Waals surface area contributed by atoms with Crippen molar-refractivity contribution in [3.8, 4) is 0 Å². The molecule has 3 heteroatoms. The Bertz CT molecular complexity index is 421. The van der Waals surface area contributed by atoms with Crippen molar-refractivity contribution >= 4 is 5.69 Å². The third kappa shape index (κ3) is 4.50. The van der Waals surface area contributed by atoms with Crippen LogP contribution in [-0.4, -0.2) is 31.8 Å². The third-order valence-corrected chi connectivity index (χ3v) is 3.63. The number of nitrogens with one attached hydrogen (secondary N) is 1. The SMILES string of the molecule is COCCN(c1ccccc1CNC(C)(C)C)C1CC1. The highest BCUT2D eigenvalue weighted by atomic mass is 16.5. The van der Waals surface area contributed by atoms with Gasteiger partial charge in [-0.3, -0.25) is 0 Å². The Morgan fingerprint density at radius 1 is 1.25 bits per heavy atom. The summed E-state index contributed by atoms with van der Waals surface area (Å²) in [5.74, 6) is 0. The molecule has 0 atom stereocenters. The number of ether oxygens (including phenoxy) is 1. The van der Waals surface area contributed by atoms with E-state index in [0.29, 0.717) is 6.04 Å². The molecular formula is C17H28N2O. The number of para-hydroxylation sites is 1. The molecule has 0 aliphatic heterocycles. The van der Waals surface area contributed by atoms with Crippen LogP contribution in [-0.2, 0) is 11.3 Å². The topological polar surface area (TPSA) is 24.5 Å². The minimum Gasteiger partial charge on any atom is -0.383 e. The fourth-order valence-electron chi connectivity index (χ4n) is 2.38. The van der Waals surface area contributed by atoms with Crippen LogP contribution < -0.4 is 10.2 Å². The summed E-state index contributed by atoms with van der Waals surface area (Å²) < 4.78 is 5.27. The highest BCUT2D eigenvalue weighted by molar-refractivity contribution is 5.55. The summed E-state index contributed by atoms with van der Waals surface area (Å²) in [4.78, 5) is 2.52. The van der Waals surface area contributed by atoms with Crippen molar-refractivity contribution in [2.24, 2.45) is 0 Å². The van der Waals surface area contributed by atoms with Gasteiger partial charge in [0.1, 0.15) is 0 Å². The Kier molecular flexibility index (Phi) is 5.06. The van der Waals surface area contributed by atoms with E-state index < -0.39 is 0 Å². The summed E-state index contributed by atoms with van der Waals surface area (Å²) in [6.45, 7) is 9.30. The van der Waals surface area contributed by atoms with Crippen molar-refractivity contribution in [1.82, 2.24) is 5.32 Å². The molecule has 1 aromatic carbocycles. The first-order chi connectivity index (χ1) is 9.51. The van der Waals surface area contributed by atoms with Gasteiger partial charge in [-0.2, -0.15) is 0 Å². The molecule has 1 aliphatic rings. The molecule has 0 spiro atoms. The molecule has 20 heavy (non-hydrogen) atoms. The monoisotopic (exact) mass is 276 g/mol. The number of anilines is 1.